The van der Waals surface area contributed by atoms with Gasteiger partial charge in [0, 0.05) is 51.0 Å². The van der Waals surface area contributed by atoms with Crippen molar-refractivity contribution >= 4 is 5.91 Å². The van der Waals surface area contributed by atoms with Crippen LogP contribution in [0.15, 0.2) is 36.7 Å². The van der Waals surface area contributed by atoms with E-state index in [4.69, 9.17) is 4.74 Å². The number of nitrogens with zero attached hydrogens (tertiary/aromatic N) is 4. The van der Waals surface area contributed by atoms with Gasteiger partial charge in [0.1, 0.15) is 5.82 Å². The molecule has 3 aliphatic heterocycles. The molecule has 1 amide bonds. The summed E-state index contributed by atoms with van der Waals surface area (Å²) < 4.78 is 5.45. The van der Waals surface area contributed by atoms with Gasteiger partial charge in [0.05, 0.1) is 32.3 Å². The van der Waals surface area contributed by atoms with Crippen LogP contribution in [0, 0.1) is 18.8 Å². The molecule has 0 unspecified atom stereocenters. The molecule has 1 aromatic carbocycles. The van der Waals surface area contributed by atoms with E-state index in [0.29, 0.717) is 18.4 Å². The van der Waals surface area contributed by atoms with Gasteiger partial charge < -0.3 is 14.6 Å². The lowest BCUT2D eigenvalue weighted by Crippen LogP contribution is -2.45. The fourth-order valence-corrected chi connectivity index (χ4v) is 5.48. The molecule has 5 rings (SSSR count). The fourth-order valence-electron chi connectivity index (χ4n) is 5.48. The number of morpholine rings is 1. The summed E-state index contributed by atoms with van der Waals surface area (Å²) in [6.45, 7) is 9.54. The van der Waals surface area contributed by atoms with E-state index < -0.39 is 0 Å². The predicted molar refractivity (Wildman–Crippen MR) is 114 cm³/mol. The highest BCUT2D eigenvalue weighted by Crippen LogP contribution is 2.46. The summed E-state index contributed by atoms with van der Waals surface area (Å²) in [4.78, 5) is 27.9. The van der Waals surface area contributed by atoms with E-state index in [2.05, 4.69) is 55.9 Å². The smallest absolute Gasteiger partial charge is 0.237 e. The Morgan fingerprint density at radius 1 is 1.17 bits per heavy atom. The minimum atomic E-state index is 0.159. The lowest BCUT2D eigenvalue weighted by atomic mass is 9.87. The molecule has 0 saturated carbocycles. The molecule has 1 N–H and O–H groups in total. The zero-order valence-corrected chi connectivity index (χ0v) is 17.7. The number of amides is 1. The number of likely N-dealkylation sites (tertiary alicyclic amines) is 2. The number of hydrogen-bond acceptors (Lipinski definition) is 5. The van der Waals surface area contributed by atoms with Gasteiger partial charge in [-0.15, -0.1) is 0 Å². The van der Waals surface area contributed by atoms with Gasteiger partial charge in [-0.1, -0.05) is 24.3 Å². The largest absolute Gasteiger partial charge is 0.379 e. The van der Waals surface area contributed by atoms with Gasteiger partial charge in [0.25, 0.3) is 0 Å². The second kappa shape index (κ2) is 8.49. The van der Waals surface area contributed by atoms with Crippen LogP contribution in [0.2, 0.25) is 0 Å². The normalized spacial score (nSPS) is 27.5. The van der Waals surface area contributed by atoms with Crippen molar-refractivity contribution in [3.63, 3.8) is 0 Å². The Balaban J connectivity index is 1.35. The summed E-state index contributed by atoms with van der Waals surface area (Å²) in [5.74, 6) is 2.26. The first kappa shape index (κ1) is 19.7. The van der Waals surface area contributed by atoms with Crippen molar-refractivity contribution in [3.05, 3.63) is 53.6 Å². The van der Waals surface area contributed by atoms with E-state index in [9.17, 15) is 4.79 Å². The predicted octanol–water partition coefficient (Wildman–Crippen LogP) is 1.68. The van der Waals surface area contributed by atoms with Crippen LogP contribution in [0.4, 0.5) is 0 Å². The molecule has 160 valence electrons. The van der Waals surface area contributed by atoms with Crippen molar-refractivity contribution in [3.8, 4) is 0 Å². The number of aryl methyl sites for hydroxylation is 1. The lowest BCUT2D eigenvalue weighted by Gasteiger charge is -2.33. The number of hydrogen-bond donors (Lipinski definition) is 1. The van der Waals surface area contributed by atoms with E-state index in [0.717, 1.165) is 58.3 Å². The van der Waals surface area contributed by atoms with Gasteiger partial charge in [-0.05, 0) is 24.0 Å². The molecule has 2 aromatic rings. The van der Waals surface area contributed by atoms with Crippen LogP contribution in [0.3, 0.4) is 0 Å². The second-order valence-corrected chi connectivity index (χ2v) is 8.89. The third kappa shape index (κ3) is 3.89. The first-order valence-electron chi connectivity index (χ1n) is 11.0. The Kier molecular flexibility index (Phi) is 5.58. The molecule has 0 spiro atoms. The number of imidazole rings is 1. The lowest BCUT2D eigenvalue weighted by molar-refractivity contribution is -0.135. The fraction of sp³-hybridized carbons (Fsp3) is 0.565. The second-order valence-electron chi connectivity index (χ2n) is 8.89. The number of carbonyl (C=O) groups excluding carboxylic acids is 1. The molecule has 3 aliphatic rings. The van der Waals surface area contributed by atoms with Crippen molar-refractivity contribution < 1.29 is 9.53 Å². The summed E-state index contributed by atoms with van der Waals surface area (Å²) in [7, 11) is 0. The van der Waals surface area contributed by atoms with Crippen LogP contribution in [0.25, 0.3) is 0 Å². The Morgan fingerprint density at radius 2 is 2.00 bits per heavy atom. The number of benzene rings is 1. The first-order chi connectivity index (χ1) is 14.7. The number of aromatic amines is 1. The standard InChI is InChI=1S/C23H31N5O2/c1-17-4-2-3-5-19(17)23-20-14-27(15-21-24-6-7-25-21)12-18(20)13-28(23)22(29)16-26-8-10-30-11-9-26/h2-7,18,20,23H,8-16H2,1H3,(H,24,25)/t18-,20-,23+/m0/s1. The molecular weight excluding hydrogens is 378 g/mol. The molecule has 30 heavy (non-hydrogen) atoms. The average molecular weight is 410 g/mol. The third-order valence-electron chi connectivity index (χ3n) is 6.96. The number of ether oxygens (including phenoxy) is 1. The molecule has 4 heterocycles. The van der Waals surface area contributed by atoms with Crippen LogP contribution in [0.1, 0.15) is 23.0 Å². The summed E-state index contributed by atoms with van der Waals surface area (Å²) in [6.07, 6.45) is 3.70. The highest BCUT2D eigenvalue weighted by Gasteiger charge is 2.49. The van der Waals surface area contributed by atoms with Crippen LogP contribution in [-0.4, -0.2) is 83.1 Å². The van der Waals surface area contributed by atoms with Gasteiger partial charge in [-0.3, -0.25) is 14.6 Å². The summed E-state index contributed by atoms with van der Waals surface area (Å²) in [5, 5.41) is 0. The molecule has 7 nitrogen and oxygen atoms in total. The molecule has 7 heteroatoms. The maximum Gasteiger partial charge on any atom is 0.237 e. The van der Waals surface area contributed by atoms with E-state index >= 15 is 0 Å². The Bertz CT molecular complexity index is 864. The molecular formula is C23H31N5O2. The van der Waals surface area contributed by atoms with Gasteiger partial charge in [0.2, 0.25) is 5.91 Å². The topological polar surface area (TPSA) is 64.7 Å². The van der Waals surface area contributed by atoms with Crippen LogP contribution in [0.5, 0.6) is 0 Å². The first-order valence-corrected chi connectivity index (χ1v) is 11.0. The molecule has 3 saturated heterocycles. The highest BCUT2D eigenvalue weighted by atomic mass is 16.5. The number of carbonyl (C=O) groups is 1. The maximum atomic E-state index is 13.4. The minimum Gasteiger partial charge on any atom is -0.379 e. The van der Waals surface area contributed by atoms with Gasteiger partial charge in [0.15, 0.2) is 0 Å². The molecule has 0 aliphatic carbocycles. The molecule has 3 atom stereocenters. The van der Waals surface area contributed by atoms with Gasteiger partial charge in [-0.25, -0.2) is 4.98 Å². The molecule has 0 bridgehead atoms. The van der Waals surface area contributed by atoms with Crippen molar-refractivity contribution in [2.45, 2.75) is 19.5 Å². The maximum absolute atomic E-state index is 13.4. The minimum absolute atomic E-state index is 0.159. The Morgan fingerprint density at radius 3 is 2.77 bits per heavy atom. The molecule has 0 radical (unpaired) electrons. The van der Waals surface area contributed by atoms with Crippen molar-refractivity contribution in [2.24, 2.45) is 11.8 Å². The monoisotopic (exact) mass is 409 g/mol. The van der Waals surface area contributed by atoms with E-state index in [-0.39, 0.29) is 11.9 Å². The summed E-state index contributed by atoms with van der Waals surface area (Å²) in [5.41, 5.74) is 2.58. The average Bonchev–Trinajstić information content (AvgIpc) is 3.46. The zero-order chi connectivity index (χ0) is 20.5. The van der Waals surface area contributed by atoms with E-state index in [1.165, 1.54) is 11.1 Å². The number of nitrogens with one attached hydrogen (secondary N) is 1. The van der Waals surface area contributed by atoms with E-state index in [1.807, 2.05) is 12.4 Å². The van der Waals surface area contributed by atoms with Crippen LogP contribution < -0.4 is 0 Å². The van der Waals surface area contributed by atoms with Gasteiger partial charge in [-0.2, -0.15) is 0 Å². The Labute approximate surface area is 178 Å². The number of aromatic nitrogens is 2. The van der Waals surface area contributed by atoms with Crippen LogP contribution in [-0.2, 0) is 16.1 Å². The zero-order valence-electron chi connectivity index (χ0n) is 17.7. The SMILES string of the molecule is Cc1ccccc1[C@@H]1[C@H]2CN(Cc3ncc[nH]3)C[C@H]2CN1C(=O)CN1CCOCC1. The molecule has 3 fully saturated rings. The number of fused-ring (bicyclic) bond motifs is 1. The number of rotatable bonds is 5. The summed E-state index contributed by atoms with van der Waals surface area (Å²) >= 11 is 0. The summed E-state index contributed by atoms with van der Waals surface area (Å²) in [6, 6.07) is 8.74. The van der Waals surface area contributed by atoms with Crippen molar-refractivity contribution in [1.82, 2.24) is 24.7 Å². The van der Waals surface area contributed by atoms with E-state index in [1.54, 1.807) is 0 Å². The highest BCUT2D eigenvalue weighted by molar-refractivity contribution is 5.79. The van der Waals surface area contributed by atoms with Gasteiger partial charge >= 0.3 is 0 Å². The Hall–Kier alpha value is -2.22. The molecule has 1 aromatic heterocycles. The van der Waals surface area contributed by atoms with Crippen LogP contribution >= 0.6 is 0 Å². The van der Waals surface area contributed by atoms with Crippen molar-refractivity contribution in [1.29, 1.82) is 0 Å². The number of H-pyrrole nitrogens is 1. The van der Waals surface area contributed by atoms with Crippen molar-refractivity contribution in [2.75, 3.05) is 52.5 Å². The quantitative estimate of drug-likeness (QED) is 0.814. The third-order valence-corrected chi connectivity index (χ3v) is 6.96.